The van der Waals surface area contributed by atoms with E-state index in [1.165, 1.54) is 0 Å². The van der Waals surface area contributed by atoms with Crippen LogP contribution in [0.3, 0.4) is 0 Å². The molecule has 2 aromatic rings. The molecule has 13 heavy (non-hydrogen) atoms. The molecule has 1 heterocycles. The Morgan fingerprint density at radius 1 is 1.00 bits per heavy atom. The van der Waals surface area contributed by atoms with Crippen molar-refractivity contribution in [1.82, 2.24) is 0 Å². The molecule has 0 bridgehead atoms. The van der Waals surface area contributed by atoms with Gasteiger partial charge >= 0.3 is 0 Å². The average Bonchev–Trinajstić information content (AvgIpc) is 2.71. The molecule has 0 saturated carbocycles. The third-order valence-corrected chi connectivity index (χ3v) is 4.01. The van der Waals surface area contributed by atoms with Gasteiger partial charge in [-0.05, 0) is 34.3 Å². The van der Waals surface area contributed by atoms with Crippen LogP contribution in [0, 0.1) is 4.78 Å². The van der Waals surface area contributed by atoms with E-state index in [0.717, 1.165) is 9.79 Å². The summed E-state index contributed by atoms with van der Waals surface area (Å²) in [5.41, 5.74) is 0. The fourth-order valence-corrected chi connectivity index (χ4v) is 3.12. The van der Waals surface area contributed by atoms with Crippen molar-refractivity contribution < 1.29 is 0 Å². The number of rotatable bonds is 2. The monoisotopic (exact) mass is 207 g/mol. The maximum Gasteiger partial charge on any atom is 0.0336 e. The van der Waals surface area contributed by atoms with Gasteiger partial charge in [0.05, 0.1) is 0 Å². The molecular formula is C10H9NS2. The largest absolute Gasteiger partial charge is 0.271 e. The summed E-state index contributed by atoms with van der Waals surface area (Å²) in [6.07, 6.45) is 0. The zero-order valence-corrected chi connectivity index (χ0v) is 8.57. The number of nitrogens with one attached hydrogen (secondary N) is 1. The van der Waals surface area contributed by atoms with Crippen molar-refractivity contribution in [2.45, 2.75) is 9.79 Å². The Hall–Kier alpha value is -0.930. The van der Waals surface area contributed by atoms with Crippen molar-refractivity contribution in [2.75, 3.05) is 0 Å². The van der Waals surface area contributed by atoms with Gasteiger partial charge in [-0.25, -0.2) is 0 Å². The van der Waals surface area contributed by atoms with Crippen molar-refractivity contribution >= 4 is 22.0 Å². The summed E-state index contributed by atoms with van der Waals surface area (Å²) in [4.78, 5) is 2.19. The van der Waals surface area contributed by atoms with Gasteiger partial charge in [0.25, 0.3) is 0 Å². The van der Waals surface area contributed by atoms with Crippen molar-refractivity contribution in [2.24, 2.45) is 0 Å². The van der Waals surface area contributed by atoms with Crippen LogP contribution in [0.4, 0.5) is 0 Å². The lowest BCUT2D eigenvalue weighted by molar-refractivity contribution is 1.39. The highest BCUT2D eigenvalue weighted by Gasteiger charge is 2.01. The number of benzene rings is 1. The zero-order chi connectivity index (χ0) is 9.10. The molecule has 2 rings (SSSR count). The molecule has 1 aromatic carbocycles. The molecule has 0 saturated heterocycles. The Balaban J connectivity index is 2.34. The molecule has 1 atom stereocenters. The smallest absolute Gasteiger partial charge is 0.0336 e. The van der Waals surface area contributed by atoms with Crippen LogP contribution < -0.4 is 0 Å². The molecule has 0 fully saturated rings. The van der Waals surface area contributed by atoms with E-state index < -0.39 is 10.7 Å². The molecule has 0 aliphatic heterocycles. The summed E-state index contributed by atoms with van der Waals surface area (Å²) in [5.74, 6) is 0. The second-order valence-electron chi connectivity index (χ2n) is 2.58. The van der Waals surface area contributed by atoms with E-state index in [4.69, 9.17) is 4.78 Å². The number of thiophene rings is 1. The first-order valence-electron chi connectivity index (χ1n) is 3.91. The highest BCUT2D eigenvalue weighted by atomic mass is 32.2. The Kier molecular flexibility index (Phi) is 2.57. The highest BCUT2D eigenvalue weighted by molar-refractivity contribution is 7.86. The first-order valence-corrected chi connectivity index (χ1v) is 6.07. The van der Waals surface area contributed by atoms with Crippen LogP contribution in [0.1, 0.15) is 0 Å². The van der Waals surface area contributed by atoms with E-state index >= 15 is 0 Å². The van der Waals surface area contributed by atoms with Gasteiger partial charge in [0.1, 0.15) is 0 Å². The molecule has 0 spiro atoms. The van der Waals surface area contributed by atoms with Gasteiger partial charge < -0.3 is 0 Å². The summed E-state index contributed by atoms with van der Waals surface area (Å²) in [6.45, 7) is 0. The lowest BCUT2D eigenvalue weighted by Gasteiger charge is -2.01. The predicted molar refractivity (Wildman–Crippen MR) is 57.4 cm³/mol. The Morgan fingerprint density at radius 3 is 2.38 bits per heavy atom. The van der Waals surface area contributed by atoms with Gasteiger partial charge in [-0.2, -0.15) is 11.3 Å². The van der Waals surface area contributed by atoms with Crippen LogP contribution in [0.5, 0.6) is 0 Å². The predicted octanol–water partition coefficient (Wildman–Crippen LogP) is 3.55. The molecule has 1 nitrogen and oxygen atoms in total. The van der Waals surface area contributed by atoms with Gasteiger partial charge in [0.2, 0.25) is 0 Å². The van der Waals surface area contributed by atoms with Gasteiger partial charge in [0.15, 0.2) is 0 Å². The van der Waals surface area contributed by atoms with Gasteiger partial charge in [-0.3, -0.25) is 4.78 Å². The van der Waals surface area contributed by atoms with Crippen molar-refractivity contribution in [1.29, 1.82) is 4.78 Å². The SMILES string of the molecule is N=S(c1ccccc1)c1ccsc1. The third-order valence-electron chi connectivity index (χ3n) is 1.71. The van der Waals surface area contributed by atoms with Crippen molar-refractivity contribution in [3.05, 3.63) is 47.2 Å². The van der Waals surface area contributed by atoms with Crippen LogP contribution in [-0.2, 0) is 10.7 Å². The van der Waals surface area contributed by atoms with Crippen molar-refractivity contribution in [3.63, 3.8) is 0 Å². The molecule has 1 unspecified atom stereocenters. The quantitative estimate of drug-likeness (QED) is 0.778. The summed E-state index contributed by atoms with van der Waals surface area (Å²) >= 11 is 1.65. The first kappa shape index (κ1) is 8.66. The summed E-state index contributed by atoms with van der Waals surface area (Å²) in [5, 5.41) is 4.07. The normalized spacial score (nSPS) is 12.6. The number of hydrogen-bond donors (Lipinski definition) is 1. The first-order chi connectivity index (χ1) is 6.38. The summed E-state index contributed by atoms with van der Waals surface area (Å²) in [6, 6.07) is 12.0. The molecule has 3 heteroatoms. The molecule has 0 aliphatic carbocycles. The van der Waals surface area contributed by atoms with Crippen LogP contribution in [-0.4, -0.2) is 0 Å². The molecular weight excluding hydrogens is 198 g/mol. The van der Waals surface area contributed by atoms with Gasteiger partial charge in [-0.1, -0.05) is 18.2 Å². The Morgan fingerprint density at radius 2 is 1.77 bits per heavy atom. The zero-order valence-electron chi connectivity index (χ0n) is 6.94. The van der Waals surface area contributed by atoms with E-state index in [0.29, 0.717) is 0 Å². The lowest BCUT2D eigenvalue weighted by Crippen LogP contribution is -1.86. The standard InChI is InChI=1S/C10H9NS2/c11-13(10-6-7-12-8-10)9-4-2-1-3-5-9/h1-8,11H. The van der Waals surface area contributed by atoms with Gasteiger partial charge in [-0.15, -0.1) is 0 Å². The molecule has 0 amide bonds. The van der Waals surface area contributed by atoms with Crippen LogP contribution in [0.2, 0.25) is 0 Å². The van der Waals surface area contributed by atoms with E-state index in [9.17, 15) is 0 Å². The molecule has 0 radical (unpaired) electrons. The second-order valence-corrected chi connectivity index (χ2v) is 4.91. The van der Waals surface area contributed by atoms with Crippen LogP contribution >= 0.6 is 11.3 Å². The minimum absolute atomic E-state index is 0.505. The molecule has 1 aromatic heterocycles. The number of hydrogen-bond acceptors (Lipinski definition) is 2. The van der Waals surface area contributed by atoms with E-state index in [-0.39, 0.29) is 0 Å². The van der Waals surface area contributed by atoms with Crippen molar-refractivity contribution in [3.8, 4) is 0 Å². The molecule has 0 aliphatic rings. The van der Waals surface area contributed by atoms with Crippen LogP contribution in [0.25, 0.3) is 0 Å². The Bertz CT molecular complexity index is 392. The van der Waals surface area contributed by atoms with E-state index in [1.54, 1.807) is 11.3 Å². The second kappa shape index (κ2) is 3.85. The molecule has 66 valence electrons. The van der Waals surface area contributed by atoms with E-state index in [2.05, 4.69) is 0 Å². The minimum Gasteiger partial charge on any atom is -0.271 e. The minimum atomic E-state index is -0.505. The highest BCUT2D eigenvalue weighted by Crippen LogP contribution is 2.18. The fourth-order valence-electron chi connectivity index (χ4n) is 1.06. The summed E-state index contributed by atoms with van der Waals surface area (Å²) < 4.78 is 8.01. The topological polar surface area (TPSA) is 23.9 Å². The maximum absolute atomic E-state index is 8.01. The molecule has 1 N–H and O–H groups in total. The average molecular weight is 207 g/mol. The van der Waals surface area contributed by atoms with E-state index in [1.807, 2.05) is 47.2 Å². The maximum atomic E-state index is 8.01. The fraction of sp³-hybridized carbons (Fsp3) is 0. The van der Waals surface area contributed by atoms with Crippen LogP contribution in [0.15, 0.2) is 56.9 Å². The Labute approximate surface area is 83.9 Å². The van der Waals surface area contributed by atoms with Gasteiger partial charge in [0, 0.05) is 15.2 Å². The summed E-state index contributed by atoms with van der Waals surface area (Å²) in [7, 11) is -0.505. The lowest BCUT2D eigenvalue weighted by atomic mass is 10.4. The third kappa shape index (κ3) is 1.87.